The number of aryl methyl sites for hydroxylation is 1. The van der Waals surface area contributed by atoms with Crippen molar-refractivity contribution in [2.75, 3.05) is 0 Å². The van der Waals surface area contributed by atoms with Crippen molar-refractivity contribution in [1.29, 1.82) is 0 Å². The monoisotopic (exact) mass is 279 g/mol. The summed E-state index contributed by atoms with van der Waals surface area (Å²) < 4.78 is 0. The maximum Gasteiger partial charge on any atom is 0.0630 e. The number of halogens is 2. The van der Waals surface area contributed by atoms with Gasteiger partial charge in [0.25, 0.3) is 0 Å². The van der Waals surface area contributed by atoms with Gasteiger partial charge in [-0.3, -0.25) is 0 Å². The molecule has 0 aliphatic heterocycles. The summed E-state index contributed by atoms with van der Waals surface area (Å²) in [6.45, 7) is 6.35. The second-order valence-electron chi connectivity index (χ2n) is 4.99. The summed E-state index contributed by atoms with van der Waals surface area (Å²) in [6, 6.07) is 8.40. The molecule has 2 heteroatoms. The smallest absolute Gasteiger partial charge is 0.0630 e. The predicted molar refractivity (Wildman–Crippen MR) is 80.6 cm³/mol. The van der Waals surface area contributed by atoms with Crippen LogP contribution in [0.5, 0.6) is 0 Å². The van der Waals surface area contributed by atoms with Crippen LogP contribution < -0.4 is 0 Å². The zero-order valence-corrected chi connectivity index (χ0v) is 12.4. The lowest BCUT2D eigenvalue weighted by Gasteiger charge is -2.22. The molecule has 0 nitrogen and oxygen atoms in total. The highest BCUT2D eigenvalue weighted by atomic mass is 35.5. The minimum atomic E-state index is 0.408. The van der Waals surface area contributed by atoms with Gasteiger partial charge in [0.2, 0.25) is 0 Å². The van der Waals surface area contributed by atoms with Gasteiger partial charge in [-0.15, -0.1) is 0 Å². The van der Waals surface area contributed by atoms with E-state index in [0.29, 0.717) is 16.0 Å². The lowest BCUT2D eigenvalue weighted by atomic mass is 9.88. The largest absolute Gasteiger partial charge is 0.0827 e. The Morgan fingerprint density at radius 1 is 1.00 bits per heavy atom. The standard InChI is InChI=1S/C16H17Cl2/c1-10(2)13-8-9-14(16(18)15(13)17)12-6-4-11(3)5-7-12/h4-8,10H,9H2,1-3H3. The van der Waals surface area contributed by atoms with Crippen LogP contribution in [0.2, 0.25) is 0 Å². The highest BCUT2D eigenvalue weighted by molar-refractivity contribution is 6.46. The maximum atomic E-state index is 6.42. The Balaban J connectivity index is 2.43. The van der Waals surface area contributed by atoms with Gasteiger partial charge in [0.15, 0.2) is 0 Å². The fourth-order valence-corrected chi connectivity index (χ4v) is 2.84. The highest BCUT2D eigenvalue weighted by Crippen LogP contribution is 2.41. The van der Waals surface area contributed by atoms with Crippen molar-refractivity contribution in [2.24, 2.45) is 5.92 Å². The van der Waals surface area contributed by atoms with E-state index < -0.39 is 0 Å². The van der Waals surface area contributed by atoms with Gasteiger partial charge in [0.1, 0.15) is 0 Å². The normalized spacial score (nSPS) is 16.8. The number of hydrogen-bond acceptors (Lipinski definition) is 0. The van der Waals surface area contributed by atoms with Gasteiger partial charge in [-0.25, -0.2) is 0 Å². The third-order valence-electron chi connectivity index (χ3n) is 3.26. The molecule has 95 valence electrons. The van der Waals surface area contributed by atoms with Gasteiger partial charge in [-0.1, -0.05) is 66.9 Å². The molecule has 0 aromatic heterocycles. The molecule has 0 unspecified atom stereocenters. The summed E-state index contributed by atoms with van der Waals surface area (Å²) >= 11 is 12.8. The summed E-state index contributed by atoms with van der Waals surface area (Å²) in [6.07, 6.45) is 3.04. The molecular weight excluding hydrogens is 263 g/mol. The fourth-order valence-electron chi connectivity index (χ4n) is 2.14. The number of hydrogen-bond donors (Lipinski definition) is 0. The molecule has 1 aliphatic carbocycles. The van der Waals surface area contributed by atoms with Crippen molar-refractivity contribution in [3.8, 4) is 0 Å². The Labute approximate surface area is 119 Å². The van der Waals surface area contributed by atoms with Gasteiger partial charge in [-0.05, 0) is 42.4 Å². The SMILES string of the molecule is Cc1ccc(C2=C(Cl)C(Cl)=C(C(C)C)[CH]C2)cc1. The maximum absolute atomic E-state index is 6.42. The number of benzene rings is 1. The van der Waals surface area contributed by atoms with E-state index in [1.54, 1.807) is 0 Å². The summed E-state index contributed by atoms with van der Waals surface area (Å²) in [5.74, 6) is 0.408. The summed E-state index contributed by atoms with van der Waals surface area (Å²) in [5.41, 5.74) is 4.67. The van der Waals surface area contributed by atoms with Crippen LogP contribution in [0.1, 0.15) is 31.4 Å². The molecule has 0 amide bonds. The van der Waals surface area contributed by atoms with E-state index in [0.717, 1.165) is 23.1 Å². The van der Waals surface area contributed by atoms with Crippen LogP contribution in [0.4, 0.5) is 0 Å². The molecule has 0 atom stereocenters. The van der Waals surface area contributed by atoms with Crippen molar-refractivity contribution in [1.82, 2.24) is 0 Å². The zero-order valence-electron chi connectivity index (χ0n) is 10.9. The summed E-state index contributed by atoms with van der Waals surface area (Å²) in [4.78, 5) is 0. The fraction of sp³-hybridized carbons (Fsp3) is 0.312. The minimum Gasteiger partial charge on any atom is -0.0827 e. The molecule has 0 spiro atoms. The van der Waals surface area contributed by atoms with Gasteiger partial charge in [0.05, 0.1) is 10.1 Å². The molecular formula is C16H17Cl2. The zero-order chi connectivity index (χ0) is 13.3. The summed E-state index contributed by atoms with van der Waals surface area (Å²) in [7, 11) is 0. The molecule has 0 fully saturated rings. The van der Waals surface area contributed by atoms with Crippen molar-refractivity contribution in [3.63, 3.8) is 0 Å². The summed E-state index contributed by atoms with van der Waals surface area (Å²) in [5, 5.41) is 1.40. The van der Waals surface area contributed by atoms with Gasteiger partial charge in [-0.2, -0.15) is 0 Å². The second kappa shape index (κ2) is 5.50. The number of allylic oxidation sites excluding steroid dienone is 4. The molecule has 1 aliphatic rings. The average molecular weight is 280 g/mol. The van der Waals surface area contributed by atoms with Crippen LogP contribution >= 0.6 is 23.2 Å². The Hall–Kier alpha value is -0.720. The van der Waals surface area contributed by atoms with Crippen molar-refractivity contribution in [3.05, 3.63) is 57.5 Å². The van der Waals surface area contributed by atoms with Crippen molar-refractivity contribution >= 4 is 28.8 Å². The highest BCUT2D eigenvalue weighted by Gasteiger charge is 2.21. The lowest BCUT2D eigenvalue weighted by molar-refractivity contribution is 0.764. The molecule has 1 radical (unpaired) electrons. The predicted octanol–water partition coefficient (Wildman–Crippen LogP) is 5.70. The first kappa shape index (κ1) is 13.7. The van der Waals surface area contributed by atoms with Gasteiger partial charge in [0, 0.05) is 0 Å². The lowest BCUT2D eigenvalue weighted by Crippen LogP contribution is -2.05. The van der Waals surface area contributed by atoms with Gasteiger partial charge >= 0.3 is 0 Å². The van der Waals surface area contributed by atoms with E-state index in [2.05, 4.69) is 51.5 Å². The van der Waals surface area contributed by atoms with E-state index in [9.17, 15) is 0 Å². The van der Waals surface area contributed by atoms with Crippen molar-refractivity contribution < 1.29 is 0 Å². The Morgan fingerprint density at radius 2 is 1.61 bits per heavy atom. The molecule has 0 bridgehead atoms. The molecule has 2 rings (SSSR count). The number of rotatable bonds is 2. The first-order valence-electron chi connectivity index (χ1n) is 6.19. The average Bonchev–Trinajstić information content (AvgIpc) is 2.33. The van der Waals surface area contributed by atoms with E-state index in [1.807, 2.05) is 0 Å². The minimum absolute atomic E-state index is 0.408. The van der Waals surface area contributed by atoms with Crippen molar-refractivity contribution in [2.45, 2.75) is 27.2 Å². The Morgan fingerprint density at radius 3 is 2.17 bits per heavy atom. The van der Waals surface area contributed by atoms with E-state index in [4.69, 9.17) is 23.2 Å². The molecule has 0 heterocycles. The van der Waals surface area contributed by atoms with Crippen LogP contribution in [-0.2, 0) is 0 Å². The van der Waals surface area contributed by atoms with Crippen LogP contribution in [-0.4, -0.2) is 0 Å². The molecule has 0 saturated carbocycles. The second-order valence-corrected chi connectivity index (χ2v) is 5.75. The van der Waals surface area contributed by atoms with E-state index in [1.165, 1.54) is 5.56 Å². The van der Waals surface area contributed by atoms with Crippen LogP contribution in [0, 0.1) is 19.3 Å². The topological polar surface area (TPSA) is 0 Å². The molecule has 1 aromatic carbocycles. The van der Waals surface area contributed by atoms with Crippen LogP contribution in [0.15, 0.2) is 39.9 Å². The Bertz CT molecular complexity index is 504. The van der Waals surface area contributed by atoms with Crippen LogP contribution in [0.25, 0.3) is 5.57 Å². The third kappa shape index (κ3) is 2.65. The quantitative estimate of drug-likeness (QED) is 0.651. The van der Waals surface area contributed by atoms with Gasteiger partial charge < -0.3 is 0 Å². The van der Waals surface area contributed by atoms with E-state index in [-0.39, 0.29) is 0 Å². The third-order valence-corrected chi connectivity index (χ3v) is 4.18. The Kier molecular flexibility index (Phi) is 4.19. The molecule has 0 saturated heterocycles. The molecule has 1 aromatic rings. The van der Waals surface area contributed by atoms with Crippen LogP contribution in [0.3, 0.4) is 0 Å². The first-order valence-corrected chi connectivity index (χ1v) is 6.95. The molecule has 0 N–H and O–H groups in total. The first-order chi connectivity index (χ1) is 8.50. The molecule has 18 heavy (non-hydrogen) atoms. The van der Waals surface area contributed by atoms with E-state index >= 15 is 0 Å².